The second-order valence-corrected chi connectivity index (χ2v) is 6.13. The summed E-state index contributed by atoms with van der Waals surface area (Å²) in [6.07, 6.45) is 2.39. The maximum absolute atomic E-state index is 12.7. The maximum atomic E-state index is 12.7. The molecule has 0 atom stereocenters. The fraction of sp³-hybridized carbons (Fsp3) is 0.300. The summed E-state index contributed by atoms with van der Waals surface area (Å²) in [5.41, 5.74) is 1.59. The summed E-state index contributed by atoms with van der Waals surface area (Å²) >= 11 is 0. The van der Waals surface area contributed by atoms with Crippen LogP contribution in [0.4, 0.5) is 11.4 Å². The van der Waals surface area contributed by atoms with Crippen molar-refractivity contribution in [1.82, 2.24) is 0 Å². The predicted molar refractivity (Wildman–Crippen MR) is 97.8 cm³/mol. The standard InChI is InChI=1S/C20H22N2O3/c1-15(23)21-16-7-9-17(10-8-16)22(18-11-12-18)20(24)13-14-25-19-5-3-2-4-6-19/h2-10,18H,11-14H2,1H3,(H,21,23). The Morgan fingerprint density at radius 2 is 1.76 bits per heavy atom. The summed E-state index contributed by atoms with van der Waals surface area (Å²) in [6, 6.07) is 17.2. The number of anilines is 2. The Morgan fingerprint density at radius 3 is 2.36 bits per heavy atom. The fourth-order valence-corrected chi connectivity index (χ4v) is 2.69. The number of carbonyl (C=O) groups is 2. The van der Waals surface area contributed by atoms with Gasteiger partial charge in [0, 0.05) is 24.3 Å². The van der Waals surface area contributed by atoms with Gasteiger partial charge in [0.05, 0.1) is 13.0 Å². The molecule has 0 aliphatic heterocycles. The summed E-state index contributed by atoms with van der Waals surface area (Å²) in [5, 5.41) is 2.74. The first kappa shape index (κ1) is 17.0. The number of hydrogen-bond donors (Lipinski definition) is 1. The van der Waals surface area contributed by atoms with Crippen LogP contribution in [0.1, 0.15) is 26.2 Å². The molecule has 130 valence electrons. The van der Waals surface area contributed by atoms with Gasteiger partial charge >= 0.3 is 0 Å². The van der Waals surface area contributed by atoms with E-state index in [1.807, 2.05) is 59.5 Å². The molecule has 1 saturated carbocycles. The highest BCUT2D eigenvalue weighted by molar-refractivity contribution is 5.95. The number of carbonyl (C=O) groups excluding carboxylic acids is 2. The van der Waals surface area contributed by atoms with Crippen LogP contribution in [0.5, 0.6) is 5.75 Å². The topological polar surface area (TPSA) is 58.6 Å². The number of amides is 2. The van der Waals surface area contributed by atoms with Crippen molar-refractivity contribution in [3.05, 3.63) is 54.6 Å². The second kappa shape index (κ2) is 7.83. The summed E-state index contributed by atoms with van der Waals surface area (Å²) < 4.78 is 5.63. The second-order valence-electron chi connectivity index (χ2n) is 6.13. The molecule has 3 rings (SSSR count). The quantitative estimate of drug-likeness (QED) is 0.839. The van der Waals surface area contributed by atoms with Gasteiger partial charge in [-0.15, -0.1) is 0 Å². The van der Waals surface area contributed by atoms with Crippen LogP contribution in [-0.4, -0.2) is 24.5 Å². The molecule has 5 heteroatoms. The SMILES string of the molecule is CC(=O)Nc1ccc(N(C(=O)CCOc2ccccc2)C2CC2)cc1. The van der Waals surface area contributed by atoms with Gasteiger partial charge in [0.15, 0.2) is 0 Å². The van der Waals surface area contributed by atoms with E-state index in [1.165, 1.54) is 6.92 Å². The third-order valence-electron chi connectivity index (χ3n) is 3.97. The van der Waals surface area contributed by atoms with Crippen LogP contribution in [0.25, 0.3) is 0 Å². The van der Waals surface area contributed by atoms with E-state index in [9.17, 15) is 9.59 Å². The van der Waals surface area contributed by atoms with Crippen molar-refractivity contribution in [3.8, 4) is 5.75 Å². The van der Waals surface area contributed by atoms with E-state index in [1.54, 1.807) is 0 Å². The van der Waals surface area contributed by atoms with E-state index in [-0.39, 0.29) is 17.9 Å². The smallest absolute Gasteiger partial charge is 0.230 e. The van der Waals surface area contributed by atoms with Crippen LogP contribution in [0.3, 0.4) is 0 Å². The minimum Gasteiger partial charge on any atom is -0.493 e. The molecule has 0 unspecified atom stereocenters. The van der Waals surface area contributed by atoms with Crippen molar-refractivity contribution in [2.24, 2.45) is 0 Å². The molecule has 0 saturated heterocycles. The average Bonchev–Trinajstić information content (AvgIpc) is 3.42. The summed E-state index contributed by atoms with van der Waals surface area (Å²) in [4.78, 5) is 25.6. The lowest BCUT2D eigenvalue weighted by atomic mass is 10.2. The first-order valence-electron chi connectivity index (χ1n) is 8.51. The van der Waals surface area contributed by atoms with Crippen molar-refractivity contribution in [3.63, 3.8) is 0 Å². The molecule has 0 heterocycles. The van der Waals surface area contributed by atoms with Gasteiger partial charge in [0.2, 0.25) is 11.8 Å². The van der Waals surface area contributed by atoms with Gasteiger partial charge in [0.1, 0.15) is 5.75 Å². The van der Waals surface area contributed by atoms with Gasteiger partial charge in [-0.05, 0) is 49.2 Å². The van der Waals surface area contributed by atoms with E-state index in [2.05, 4.69) is 5.32 Å². The molecule has 0 spiro atoms. The Balaban J connectivity index is 1.60. The molecule has 1 fully saturated rings. The van der Waals surface area contributed by atoms with Crippen molar-refractivity contribution in [1.29, 1.82) is 0 Å². The highest BCUT2D eigenvalue weighted by Crippen LogP contribution is 2.33. The normalized spacial score (nSPS) is 13.2. The van der Waals surface area contributed by atoms with Crippen LogP contribution in [-0.2, 0) is 9.59 Å². The number of nitrogens with one attached hydrogen (secondary N) is 1. The lowest BCUT2D eigenvalue weighted by molar-refractivity contribution is -0.119. The summed E-state index contributed by atoms with van der Waals surface area (Å²) in [6.45, 7) is 1.83. The van der Waals surface area contributed by atoms with E-state index in [0.717, 1.165) is 30.0 Å². The molecule has 5 nitrogen and oxygen atoms in total. The highest BCUT2D eigenvalue weighted by Gasteiger charge is 2.33. The molecule has 1 N–H and O–H groups in total. The molecule has 0 radical (unpaired) electrons. The van der Waals surface area contributed by atoms with Crippen molar-refractivity contribution in [2.75, 3.05) is 16.8 Å². The number of hydrogen-bond acceptors (Lipinski definition) is 3. The summed E-state index contributed by atoms with van der Waals surface area (Å²) in [7, 11) is 0. The Hall–Kier alpha value is -2.82. The summed E-state index contributed by atoms with van der Waals surface area (Å²) in [5.74, 6) is 0.722. The molecule has 1 aliphatic carbocycles. The number of para-hydroxylation sites is 1. The fourth-order valence-electron chi connectivity index (χ4n) is 2.69. The highest BCUT2D eigenvalue weighted by atomic mass is 16.5. The molecule has 1 aliphatic rings. The first-order chi connectivity index (χ1) is 12.1. The zero-order chi connectivity index (χ0) is 17.6. The zero-order valence-electron chi connectivity index (χ0n) is 14.3. The maximum Gasteiger partial charge on any atom is 0.230 e. The van der Waals surface area contributed by atoms with E-state index >= 15 is 0 Å². The molecule has 0 aromatic heterocycles. The minimum absolute atomic E-state index is 0.0608. The lowest BCUT2D eigenvalue weighted by Gasteiger charge is -2.23. The Morgan fingerprint density at radius 1 is 1.08 bits per heavy atom. The molecule has 2 amide bonds. The van der Waals surface area contributed by atoms with E-state index in [4.69, 9.17) is 4.74 Å². The molecule has 0 bridgehead atoms. The van der Waals surface area contributed by atoms with Crippen LogP contribution >= 0.6 is 0 Å². The van der Waals surface area contributed by atoms with Gasteiger partial charge in [-0.25, -0.2) is 0 Å². The molecular formula is C20H22N2O3. The van der Waals surface area contributed by atoms with Gasteiger partial charge in [-0.3, -0.25) is 9.59 Å². The van der Waals surface area contributed by atoms with Crippen LogP contribution < -0.4 is 15.0 Å². The van der Waals surface area contributed by atoms with Gasteiger partial charge < -0.3 is 15.0 Å². The number of rotatable bonds is 7. The van der Waals surface area contributed by atoms with Crippen LogP contribution in [0, 0.1) is 0 Å². The minimum atomic E-state index is -0.110. The van der Waals surface area contributed by atoms with Crippen LogP contribution in [0.2, 0.25) is 0 Å². The number of nitrogens with zero attached hydrogens (tertiary/aromatic N) is 1. The molecule has 25 heavy (non-hydrogen) atoms. The molecular weight excluding hydrogens is 316 g/mol. The van der Waals surface area contributed by atoms with Crippen molar-refractivity contribution >= 4 is 23.2 Å². The average molecular weight is 338 g/mol. The van der Waals surface area contributed by atoms with Gasteiger partial charge in [0.25, 0.3) is 0 Å². The predicted octanol–water partition coefficient (Wildman–Crippen LogP) is 3.61. The largest absolute Gasteiger partial charge is 0.493 e. The van der Waals surface area contributed by atoms with Gasteiger partial charge in [-0.2, -0.15) is 0 Å². The first-order valence-corrected chi connectivity index (χ1v) is 8.51. The zero-order valence-corrected chi connectivity index (χ0v) is 14.3. The third kappa shape index (κ3) is 4.83. The Bertz CT molecular complexity index is 724. The monoisotopic (exact) mass is 338 g/mol. The number of ether oxygens (including phenoxy) is 1. The molecule has 2 aromatic rings. The van der Waals surface area contributed by atoms with Gasteiger partial charge in [-0.1, -0.05) is 18.2 Å². The van der Waals surface area contributed by atoms with Crippen LogP contribution in [0.15, 0.2) is 54.6 Å². The van der Waals surface area contributed by atoms with Crippen molar-refractivity contribution in [2.45, 2.75) is 32.2 Å². The Labute approximate surface area is 147 Å². The molecule has 2 aromatic carbocycles. The third-order valence-corrected chi connectivity index (χ3v) is 3.97. The Kier molecular flexibility index (Phi) is 5.33. The number of benzene rings is 2. The van der Waals surface area contributed by atoms with Crippen molar-refractivity contribution < 1.29 is 14.3 Å². The van der Waals surface area contributed by atoms with E-state index < -0.39 is 0 Å². The van der Waals surface area contributed by atoms with E-state index in [0.29, 0.717) is 13.0 Å². The lowest BCUT2D eigenvalue weighted by Crippen LogP contribution is -2.33.